The molecule has 0 spiro atoms. The van der Waals surface area contributed by atoms with Crippen LogP contribution >= 0.6 is 38.9 Å². The predicted octanol–water partition coefficient (Wildman–Crippen LogP) is 4.53. The normalized spacial score (nSPS) is 11.5. The topological polar surface area (TPSA) is 46.2 Å². The van der Waals surface area contributed by atoms with Gasteiger partial charge < -0.3 is 0 Å². The molecule has 1 aromatic heterocycles. The molecular weight excluding hydrogens is 370 g/mol. The van der Waals surface area contributed by atoms with E-state index in [2.05, 4.69) is 20.7 Å². The van der Waals surface area contributed by atoms with E-state index < -0.39 is 10.0 Å². The summed E-state index contributed by atoms with van der Waals surface area (Å²) < 4.78 is 27.9. The Bertz CT molecular complexity index is 678. The average Bonchev–Trinajstić information content (AvgIpc) is 2.71. The summed E-state index contributed by atoms with van der Waals surface area (Å²) in [6.07, 6.45) is 0.758. The molecule has 0 amide bonds. The van der Waals surface area contributed by atoms with Gasteiger partial charge in [0.25, 0.3) is 10.0 Å². The third kappa shape index (κ3) is 3.31. The van der Waals surface area contributed by atoms with Crippen molar-refractivity contribution in [2.45, 2.75) is 17.6 Å². The molecule has 2 aromatic rings. The van der Waals surface area contributed by atoms with Crippen molar-refractivity contribution in [3.8, 4) is 0 Å². The summed E-state index contributed by atoms with van der Waals surface area (Å²) >= 11 is 10.2. The third-order valence-electron chi connectivity index (χ3n) is 2.53. The number of hydrogen-bond donors (Lipinski definition) is 1. The number of sulfonamides is 1. The fourth-order valence-electron chi connectivity index (χ4n) is 1.58. The van der Waals surface area contributed by atoms with Crippen LogP contribution in [0.1, 0.15) is 12.5 Å². The molecule has 0 saturated carbocycles. The number of thiophene rings is 1. The summed E-state index contributed by atoms with van der Waals surface area (Å²) in [4.78, 5) is 0. The zero-order chi connectivity index (χ0) is 14.0. The molecule has 1 heterocycles. The first kappa shape index (κ1) is 14.8. The number of nitrogens with one attached hydrogen (secondary N) is 1. The van der Waals surface area contributed by atoms with E-state index in [-0.39, 0.29) is 4.21 Å². The standard InChI is InChI=1S/C12H11BrClNO2S2/c1-2-8-5-3-4-6-10(8)15-19(16,17)11-7-9(14)12(13)18-11/h3-7,15H,2H2,1H3. The Labute approximate surface area is 129 Å². The van der Waals surface area contributed by atoms with Crippen molar-refractivity contribution in [1.82, 2.24) is 0 Å². The lowest BCUT2D eigenvalue weighted by Crippen LogP contribution is -2.12. The van der Waals surface area contributed by atoms with E-state index >= 15 is 0 Å². The van der Waals surface area contributed by atoms with Gasteiger partial charge >= 0.3 is 0 Å². The highest BCUT2D eigenvalue weighted by Gasteiger charge is 2.19. The van der Waals surface area contributed by atoms with Crippen molar-refractivity contribution in [2.75, 3.05) is 4.72 Å². The number of halogens is 2. The second-order valence-electron chi connectivity index (χ2n) is 3.80. The van der Waals surface area contributed by atoms with Crippen LogP contribution in [0.5, 0.6) is 0 Å². The Hall–Kier alpha value is -0.560. The molecule has 102 valence electrons. The van der Waals surface area contributed by atoms with Crippen molar-refractivity contribution >= 4 is 54.6 Å². The molecule has 1 N–H and O–H groups in total. The maximum atomic E-state index is 12.3. The molecule has 0 unspecified atom stereocenters. The van der Waals surface area contributed by atoms with Crippen molar-refractivity contribution in [3.63, 3.8) is 0 Å². The fourth-order valence-corrected chi connectivity index (χ4v) is 5.08. The van der Waals surface area contributed by atoms with Gasteiger partial charge in [-0.1, -0.05) is 36.7 Å². The number of anilines is 1. The molecule has 0 fully saturated rings. The minimum Gasteiger partial charge on any atom is -0.279 e. The van der Waals surface area contributed by atoms with Crippen LogP contribution in [0, 0.1) is 0 Å². The minimum atomic E-state index is -3.59. The molecule has 7 heteroatoms. The molecule has 0 radical (unpaired) electrons. The fraction of sp³-hybridized carbons (Fsp3) is 0.167. The van der Waals surface area contributed by atoms with Crippen LogP contribution in [0.3, 0.4) is 0 Å². The third-order valence-corrected chi connectivity index (χ3v) is 6.84. The Morgan fingerprint density at radius 2 is 2.05 bits per heavy atom. The summed E-state index contributed by atoms with van der Waals surface area (Å²) in [5, 5.41) is 0.397. The molecule has 0 aliphatic carbocycles. The summed E-state index contributed by atoms with van der Waals surface area (Å²) in [7, 11) is -3.59. The number of rotatable bonds is 4. The molecule has 0 atom stereocenters. The highest BCUT2D eigenvalue weighted by molar-refractivity contribution is 9.11. The van der Waals surface area contributed by atoms with Gasteiger partial charge in [0.1, 0.15) is 4.21 Å². The Morgan fingerprint density at radius 3 is 2.63 bits per heavy atom. The molecule has 19 heavy (non-hydrogen) atoms. The highest BCUT2D eigenvalue weighted by Crippen LogP contribution is 2.35. The molecule has 0 saturated heterocycles. The first-order valence-corrected chi connectivity index (χ1v) is 8.96. The number of hydrogen-bond acceptors (Lipinski definition) is 3. The van der Waals surface area contributed by atoms with Gasteiger partial charge in [-0.05, 0) is 40.0 Å². The van der Waals surface area contributed by atoms with Gasteiger partial charge in [0.2, 0.25) is 0 Å². The van der Waals surface area contributed by atoms with E-state index in [1.54, 1.807) is 12.1 Å². The zero-order valence-corrected chi connectivity index (χ0v) is 14.0. The molecule has 2 rings (SSSR count). The maximum Gasteiger partial charge on any atom is 0.271 e. The van der Waals surface area contributed by atoms with Gasteiger partial charge in [0.15, 0.2) is 0 Å². The second kappa shape index (κ2) is 5.83. The summed E-state index contributed by atoms with van der Waals surface area (Å²) in [6, 6.07) is 8.77. The summed E-state index contributed by atoms with van der Waals surface area (Å²) in [6.45, 7) is 1.98. The molecular formula is C12H11BrClNO2S2. The van der Waals surface area contributed by atoms with Gasteiger partial charge in [0.05, 0.1) is 14.5 Å². The summed E-state index contributed by atoms with van der Waals surface area (Å²) in [5.74, 6) is 0. The van der Waals surface area contributed by atoms with Crippen molar-refractivity contribution in [1.29, 1.82) is 0 Å². The van der Waals surface area contributed by atoms with Crippen molar-refractivity contribution < 1.29 is 8.42 Å². The van der Waals surface area contributed by atoms with Crippen LogP contribution in [0.4, 0.5) is 5.69 Å². The van der Waals surface area contributed by atoms with Gasteiger partial charge in [-0.3, -0.25) is 4.72 Å². The first-order valence-electron chi connectivity index (χ1n) is 5.49. The SMILES string of the molecule is CCc1ccccc1NS(=O)(=O)c1cc(Cl)c(Br)s1. The number of aryl methyl sites for hydroxylation is 1. The Balaban J connectivity index is 2.36. The number of benzene rings is 1. The zero-order valence-electron chi connectivity index (χ0n) is 9.98. The lowest BCUT2D eigenvalue weighted by molar-refractivity contribution is 0.603. The first-order chi connectivity index (χ1) is 8.94. The smallest absolute Gasteiger partial charge is 0.271 e. The lowest BCUT2D eigenvalue weighted by atomic mass is 10.1. The van der Waals surface area contributed by atoms with E-state index in [4.69, 9.17) is 11.6 Å². The number of para-hydroxylation sites is 1. The van der Waals surface area contributed by atoms with Crippen LogP contribution in [0.2, 0.25) is 5.02 Å². The van der Waals surface area contributed by atoms with Crippen LogP contribution in [-0.2, 0) is 16.4 Å². The second-order valence-corrected chi connectivity index (χ2v) is 8.49. The van der Waals surface area contributed by atoms with Crippen LogP contribution in [-0.4, -0.2) is 8.42 Å². The molecule has 1 aromatic carbocycles. The van der Waals surface area contributed by atoms with E-state index in [0.717, 1.165) is 23.3 Å². The quantitative estimate of drug-likeness (QED) is 0.847. The highest BCUT2D eigenvalue weighted by atomic mass is 79.9. The van der Waals surface area contributed by atoms with E-state index in [9.17, 15) is 8.42 Å². The van der Waals surface area contributed by atoms with E-state index in [0.29, 0.717) is 14.5 Å². The van der Waals surface area contributed by atoms with Gasteiger partial charge in [-0.15, -0.1) is 11.3 Å². The molecule has 0 bridgehead atoms. The van der Waals surface area contributed by atoms with E-state index in [1.807, 2.05) is 19.1 Å². The largest absolute Gasteiger partial charge is 0.279 e. The van der Waals surface area contributed by atoms with Crippen LogP contribution in [0.15, 0.2) is 38.3 Å². The van der Waals surface area contributed by atoms with Crippen LogP contribution in [0.25, 0.3) is 0 Å². The van der Waals surface area contributed by atoms with Gasteiger partial charge in [-0.25, -0.2) is 8.42 Å². The molecule has 3 nitrogen and oxygen atoms in total. The van der Waals surface area contributed by atoms with Crippen LogP contribution < -0.4 is 4.72 Å². The van der Waals surface area contributed by atoms with E-state index in [1.165, 1.54) is 6.07 Å². The average molecular weight is 381 g/mol. The van der Waals surface area contributed by atoms with Crippen molar-refractivity contribution in [2.24, 2.45) is 0 Å². The maximum absolute atomic E-state index is 12.3. The molecule has 0 aliphatic heterocycles. The lowest BCUT2D eigenvalue weighted by Gasteiger charge is -2.10. The monoisotopic (exact) mass is 379 g/mol. The van der Waals surface area contributed by atoms with Gasteiger partial charge in [-0.2, -0.15) is 0 Å². The minimum absolute atomic E-state index is 0.190. The Kier molecular flexibility index (Phi) is 4.55. The predicted molar refractivity (Wildman–Crippen MR) is 83.7 cm³/mol. The molecule has 0 aliphatic rings. The van der Waals surface area contributed by atoms with Crippen molar-refractivity contribution in [3.05, 3.63) is 44.7 Å². The van der Waals surface area contributed by atoms with Gasteiger partial charge in [0, 0.05) is 0 Å². The Morgan fingerprint density at radius 1 is 1.37 bits per heavy atom. The summed E-state index contributed by atoms with van der Waals surface area (Å²) in [5.41, 5.74) is 1.55.